The Bertz CT molecular complexity index is 2320. The minimum atomic E-state index is -4.83. The van der Waals surface area contributed by atoms with Gasteiger partial charge in [0.05, 0.1) is 14.7 Å². The third kappa shape index (κ3) is 9.27. The fourth-order valence-electron chi connectivity index (χ4n) is 6.25. The molecule has 0 saturated heterocycles. The van der Waals surface area contributed by atoms with Gasteiger partial charge in [-0.05, 0) is 73.0 Å². The van der Waals surface area contributed by atoms with Crippen LogP contribution in [-0.2, 0) is 43.4 Å². The molecule has 1 aliphatic carbocycles. The minimum absolute atomic E-state index is 0.303. The number of benzene rings is 4. The van der Waals surface area contributed by atoms with Crippen molar-refractivity contribution < 1.29 is 43.5 Å². The molecule has 1 atom stereocenters. The highest BCUT2D eigenvalue weighted by Crippen LogP contribution is 2.39. The van der Waals surface area contributed by atoms with Crippen LogP contribution < -0.4 is 4.90 Å². The molecule has 1 aliphatic rings. The Hall–Kier alpha value is -4.44. The first-order chi connectivity index (χ1) is 24.1. The molecule has 4 aromatic carbocycles. The van der Waals surface area contributed by atoms with E-state index in [0.717, 1.165) is 17.0 Å². The SMILES string of the molecule is CCN(Cc1cccc(S(=O)(=O)[O-])c1)c1ccc(C(c2ccccc2S(=O)(=O)[O-])C2C=CC(=[N+](CC)Cc3cccc(S(=O)(=O)[O-])c3)C=C2)cc1. The summed E-state index contributed by atoms with van der Waals surface area (Å²) < 4.78 is 109. The van der Waals surface area contributed by atoms with Gasteiger partial charge in [-0.3, -0.25) is 0 Å². The Labute approximate surface area is 299 Å². The zero-order chi connectivity index (χ0) is 37.0. The number of hydrogen-bond donors (Lipinski definition) is 0. The predicted octanol–water partition coefficient (Wildman–Crippen LogP) is 4.97. The highest BCUT2D eigenvalue weighted by Gasteiger charge is 2.28. The van der Waals surface area contributed by atoms with E-state index in [1.807, 2.05) is 71.9 Å². The quantitative estimate of drug-likeness (QED) is 0.134. The molecule has 0 fully saturated rings. The lowest BCUT2D eigenvalue weighted by atomic mass is 9.78. The second kappa shape index (κ2) is 15.4. The van der Waals surface area contributed by atoms with Crippen molar-refractivity contribution in [2.75, 3.05) is 18.0 Å². The molecule has 1 unspecified atom stereocenters. The van der Waals surface area contributed by atoms with Gasteiger partial charge >= 0.3 is 0 Å². The predicted molar refractivity (Wildman–Crippen MR) is 190 cm³/mol. The molecule has 0 amide bonds. The summed E-state index contributed by atoms with van der Waals surface area (Å²) in [6, 6.07) is 25.4. The molecule has 0 aliphatic heterocycles. The van der Waals surface area contributed by atoms with E-state index in [-0.39, 0.29) is 20.6 Å². The van der Waals surface area contributed by atoms with Crippen LogP contribution in [0.15, 0.2) is 136 Å². The lowest BCUT2D eigenvalue weighted by Gasteiger charge is -2.29. The van der Waals surface area contributed by atoms with Crippen molar-refractivity contribution in [1.29, 1.82) is 0 Å². The fourth-order valence-corrected chi connectivity index (χ4v) is 8.06. The Morgan fingerprint density at radius 2 is 1.25 bits per heavy atom. The molecule has 51 heavy (non-hydrogen) atoms. The van der Waals surface area contributed by atoms with Gasteiger partial charge in [0, 0.05) is 48.3 Å². The average molecular weight is 749 g/mol. The van der Waals surface area contributed by atoms with Crippen LogP contribution in [0.5, 0.6) is 0 Å². The summed E-state index contributed by atoms with van der Waals surface area (Å²) in [5.41, 5.74) is 3.99. The van der Waals surface area contributed by atoms with Crippen LogP contribution in [0.1, 0.15) is 42.0 Å². The van der Waals surface area contributed by atoms with Crippen molar-refractivity contribution in [2.24, 2.45) is 5.92 Å². The molecular weight excluding hydrogens is 713 g/mol. The van der Waals surface area contributed by atoms with Crippen molar-refractivity contribution in [3.8, 4) is 0 Å². The van der Waals surface area contributed by atoms with E-state index >= 15 is 0 Å². The molecule has 0 bridgehead atoms. The van der Waals surface area contributed by atoms with Gasteiger partial charge in [0.1, 0.15) is 36.9 Å². The molecular formula is C37H36N2O9S3-2. The number of nitrogens with zero attached hydrogens (tertiary/aromatic N) is 2. The molecule has 11 nitrogen and oxygen atoms in total. The normalized spacial score (nSPS) is 15.5. The molecule has 0 N–H and O–H groups in total. The number of anilines is 1. The topological polar surface area (TPSA) is 178 Å². The van der Waals surface area contributed by atoms with E-state index in [0.29, 0.717) is 42.9 Å². The van der Waals surface area contributed by atoms with E-state index in [1.54, 1.807) is 24.3 Å². The van der Waals surface area contributed by atoms with Crippen molar-refractivity contribution in [3.05, 3.63) is 144 Å². The number of rotatable bonds is 13. The van der Waals surface area contributed by atoms with Gasteiger partial charge in [-0.1, -0.05) is 66.7 Å². The molecule has 0 saturated carbocycles. The highest BCUT2D eigenvalue weighted by atomic mass is 32.2. The first-order valence-electron chi connectivity index (χ1n) is 16.1. The summed E-state index contributed by atoms with van der Waals surface area (Å²) in [7, 11) is -14.0. The van der Waals surface area contributed by atoms with Crippen molar-refractivity contribution in [3.63, 3.8) is 0 Å². The molecule has 268 valence electrons. The maximum absolute atomic E-state index is 12.4. The Morgan fingerprint density at radius 3 is 1.80 bits per heavy atom. The molecule has 5 rings (SSSR count). The van der Waals surface area contributed by atoms with Crippen LogP contribution in [0.2, 0.25) is 0 Å². The lowest BCUT2D eigenvalue weighted by Crippen LogP contribution is -2.23. The monoisotopic (exact) mass is 748 g/mol. The van der Waals surface area contributed by atoms with Gasteiger partial charge in [-0.15, -0.1) is 0 Å². The van der Waals surface area contributed by atoms with E-state index in [9.17, 15) is 38.9 Å². The Balaban J connectivity index is 1.48. The zero-order valence-electron chi connectivity index (χ0n) is 27.8. The summed E-state index contributed by atoms with van der Waals surface area (Å²) in [6.45, 7) is 5.67. The standard InChI is InChI=1S/C37H38N2O9S3/c1-3-38(25-27-9-7-11-33(23-27)49(40,41)42)31-19-15-29(16-20-31)37(35-13-5-6-14-36(35)51(46,47)48)30-17-21-32(22-18-30)39(4-2)26-28-10-8-12-34(24-28)50(43,44)45/h5-24,29,37H,3-4,25-26H2,1-2H3,(H2-,40,41,42,43,44,45,46,47,48)/p-2. The Morgan fingerprint density at radius 1 is 0.686 bits per heavy atom. The lowest BCUT2D eigenvalue weighted by molar-refractivity contribution is -0.539. The van der Waals surface area contributed by atoms with Crippen LogP contribution in [0, 0.1) is 5.92 Å². The third-order valence-electron chi connectivity index (χ3n) is 8.75. The maximum Gasteiger partial charge on any atom is 0.199 e. The molecule has 0 spiro atoms. The van der Waals surface area contributed by atoms with Crippen LogP contribution in [-0.4, -0.2) is 62.3 Å². The first-order valence-corrected chi connectivity index (χ1v) is 20.3. The second-order valence-corrected chi connectivity index (χ2v) is 16.1. The summed E-state index contributed by atoms with van der Waals surface area (Å²) in [5, 5.41) is 0. The molecule has 0 heterocycles. The fraction of sp³-hybridized carbons (Fsp3) is 0.216. The maximum atomic E-state index is 12.4. The summed E-state index contributed by atoms with van der Waals surface area (Å²) in [6.07, 6.45) is 7.65. The van der Waals surface area contributed by atoms with Crippen LogP contribution >= 0.6 is 0 Å². The average Bonchev–Trinajstić information content (AvgIpc) is 3.10. The van der Waals surface area contributed by atoms with Crippen LogP contribution in [0.3, 0.4) is 0 Å². The zero-order valence-corrected chi connectivity index (χ0v) is 30.3. The molecule has 0 aromatic heterocycles. The van der Waals surface area contributed by atoms with E-state index in [2.05, 4.69) is 0 Å². The van der Waals surface area contributed by atoms with Gasteiger partial charge in [-0.2, -0.15) is 0 Å². The molecule has 4 aromatic rings. The number of allylic oxidation sites excluding steroid dienone is 4. The highest BCUT2D eigenvalue weighted by molar-refractivity contribution is 7.86. The minimum Gasteiger partial charge on any atom is -0.744 e. The van der Waals surface area contributed by atoms with Crippen molar-refractivity contribution in [2.45, 2.75) is 47.5 Å². The smallest absolute Gasteiger partial charge is 0.199 e. The summed E-state index contributed by atoms with van der Waals surface area (Å²) >= 11 is 0. The van der Waals surface area contributed by atoms with Gasteiger partial charge in [0.2, 0.25) is 0 Å². The largest absolute Gasteiger partial charge is 0.744 e. The van der Waals surface area contributed by atoms with Crippen LogP contribution in [0.25, 0.3) is 0 Å². The van der Waals surface area contributed by atoms with Crippen molar-refractivity contribution >= 4 is 41.8 Å². The van der Waals surface area contributed by atoms with Gasteiger partial charge in [-0.25, -0.2) is 29.8 Å². The van der Waals surface area contributed by atoms with Gasteiger partial charge in [0.15, 0.2) is 12.3 Å². The van der Waals surface area contributed by atoms with E-state index in [4.69, 9.17) is 0 Å². The van der Waals surface area contributed by atoms with Crippen molar-refractivity contribution in [1.82, 2.24) is 0 Å². The summed E-state index contributed by atoms with van der Waals surface area (Å²) in [4.78, 5) is 1.07. The van der Waals surface area contributed by atoms with Gasteiger partial charge < -0.3 is 18.6 Å². The van der Waals surface area contributed by atoms with Gasteiger partial charge in [0.25, 0.3) is 0 Å². The number of hydrogen-bond acceptors (Lipinski definition) is 10. The molecule has 0 radical (unpaired) electrons. The van der Waals surface area contributed by atoms with E-state index in [1.165, 1.54) is 48.5 Å². The summed E-state index contributed by atoms with van der Waals surface area (Å²) in [5.74, 6) is -0.940. The van der Waals surface area contributed by atoms with Crippen LogP contribution in [0.4, 0.5) is 5.69 Å². The first kappa shape index (κ1) is 37.8. The Kier molecular flexibility index (Phi) is 11.4. The van der Waals surface area contributed by atoms with E-state index < -0.39 is 36.3 Å². The third-order valence-corrected chi connectivity index (χ3v) is 11.3. The second-order valence-electron chi connectivity index (χ2n) is 12.0. The molecule has 14 heteroatoms.